The second-order valence-corrected chi connectivity index (χ2v) is 14.0. The van der Waals surface area contributed by atoms with Crippen molar-refractivity contribution in [2.75, 3.05) is 19.8 Å². The predicted molar refractivity (Wildman–Crippen MR) is 157 cm³/mol. The fraction of sp³-hybridized carbons (Fsp3) is 0.788. The lowest BCUT2D eigenvalue weighted by Crippen LogP contribution is -2.52. The topological polar surface area (TPSA) is 48.0 Å². The fourth-order valence-corrected chi connectivity index (χ4v) is 5.89. The Kier molecular flexibility index (Phi) is 12.3. The minimum atomic E-state index is -0.537. The smallest absolute Gasteiger partial charge is 0.324 e. The predicted octanol–water partition coefficient (Wildman–Crippen LogP) is 7.61. The van der Waals surface area contributed by atoms with Crippen molar-refractivity contribution in [1.29, 1.82) is 0 Å². The number of benzene rings is 1. The Balaban J connectivity index is 2.25. The van der Waals surface area contributed by atoms with Gasteiger partial charge in [0.15, 0.2) is 0 Å². The number of carbonyl (C=O) groups is 1. The third kappa shape index (κ3) is 10.3. The van der Waals surface area contributed by atoms with Gasteiger partial charge in [0.2, 0.25) is 0 Å². The van der Waals surface area contributed by atoms with Crippen LogP contribution in [0.3, 0.4) is 0 Å². The Bertz CT molecular complexity index is 840. The van der Waals surface area contributed by atoms with Crippen LogP contribution in [0.15, 0.2) is 24.3 Å². The molecule has 1 heterocycles. The molecule has 1 saturated heterocycles. The first kappa shape index (κ1) is 32.8. The van der Waals surface area contributed by atoms with Gasteiger partial charge >= 0.3 is 5.97 Å². The first-order valence-corrected chi connectivity index (χ1v) is 14.9. The summed E-state index contributed by atoms with van der Waals surface area (Å²) in [5.74, 6) is 0.668. The number of hydrogen-bond donors (Lipinski definition) is 0. The highest BCUT2D eigenvalue weighted by Crippen LogP contribution is 2.34. The molecule has 4 atom stereocenters. The monoisotopic (exact) mass is 531 g/mol. The molecule has 1 aliphatic rings. The molecule has 0 aromatic heterocycles. The Morgan fingerprint density at radius 3 is 2.21 bits per heavy atom. The standard InChI is InChI=1S/C33H57NO4/c1-12-13-18-36-21-28-20-34(29(24(4)5)31(35)38-33(10,11)22-32(7,8)9)30(37-28)25(6)19-26-14-16-27(17-15-26)23(2)3/h14-17,23-25,28-30H,12-13,18-22H2,1-11H3. The molecule has 0 radical (unpaired) electrons. The lowest BCUT2D eigenvalue weighted by molar-refractivity contribution is -0.171. The first-order valence-electron chi connectivity index (χ1n) is 14.9. The summed E-state index contributed by atoms with van der Waals surface area (Å²) in [6.45, 7) is 25.7. The first-order chi connectivity index (χ1) is 17.6. The molecule has 4 unspecified atom stereocenters. The van der Waals surface area contributed by atoms with E-state index >= 15 is 0 Å². The van der Waals surface area contributed by atoms with Gasteiger partial charge in [-0.05, 0) is 67.4 Å². The number of carbonyl (C=O) groups excluding carboxylic acids is 1. The normalized spacial score (nSPS) is 20.8. The van der Waals surface area contributed by atoms with E-state index in [4.69, 9.17) is 14.2 Å². The molecule has 2 rings (SSSR count). The molecule has 218 valence electrons. The van der Waals surface area contributed by atoms with E-state index in [1.807, 2.05) is 13.8 Å². The highest BCUT2D eigenvalue weighted by molar-refractivity contribution is 5.76. The van der Waals surface area contributed by atoms with Gasteiger partial charge in [-0.25, -0.2) is 0 Å². The van der Waals surface area contributed by atoms with Crippen molar-refractivity contribution >= 4 is 5.97 Å². The number of unbranched alkanes of at least 4 members (excludes halogenated alkanes) is 1. The fourth-order valence-electron chi connectivity index (χ4n) is 5.89. The molecule has 5 nitrogen and oxygen atoms in total. The molecule has 5 heteroatoms. The highest BCUT2D eigenvalue weighted by atomic mass is 16.6. The number of ether oxygens (including phenoxy) is 3. The van der Waals surface area contributed by atoms with Gasteiger partial charge in [0.05, 0.1) is 12.7 Å². The van der Waals surface area contributed by atoms with Gasteiger partial charge in [0.25, 0.3) is 0 Å². The lowest BCUT2D eigenvalue weighted by Gasteiger charge is -2.38. The van der Waals surface area contributed by atoms with Crippen LogP contribution in [-0.4, -0.2) is 54.6 Å². The quantitative estimate of drug-likeness (QED) is 0.183. The van der Waals surface area contributed by atoms with E-state index in [0.717, 1.165) is 32.3 Å². The van der Waals surface area contributed by atoms with Gasteiger partial charge in [-0.2, -0.15) is 0 Å². The van der Waals surface area contributed by atoms with Gasteiger partial charge in [0, 0.05) is 13.2 Å². The Hall–Kier alpha value is -1.43. The number of nitrogens with zero attached hydrogens (tertiary/aromatic N) is 1. The summed E-state index contributed by atoms with van der Waals surface area (Å²) in [6.07, 6.45) is 3.61. The van der Waals surface area contributed by atoms with Crippen LogP contribution < -0.4 is 0 Å². The van der Waals surface area contributed by atoms with Gasteiger partial charge in [0.1, 0.15) is 17.9 Å². The average molecular weight is 532 g/mol. The van der Waals surface area contributed by atoms with E-state index in [1.165, 1.54) is 11.1 Å². The van der Waals surface area contributed by atoms with E-state index in [-0.39, 0.29) is 41.6 Å². The van der Waals surface area contributed by atoms with Crippen LogP contribution in [0.4, 0.5) is 0 Å². The molecular weight excluding hydrogens is 474 g/mol. The van der Waals surface area contributed by atoms with Crippen molar-refractivity contribution < 1.29 is 19.0 Å². The highest BCUT2D eigenvalue weighted by Gasteiger charge is 2.45. The zero-order chi connectivity index (χ0) is 28.7. The van der Waals surface area contributed by atoms with Crippen LogP contribution in [0.1, 0.15) is 112 Å². The Labute approximate surface area is 234 Å². The number of hydrogen-bond acceptors (Lipinski definition) is 5. The van der Waals surface area contributed by atoms with E-state index in [0.29, 0.717) is 19.1 Å². The van der Waals surface area contributed by atoms with Crippen LogP contribution >= 0.6 is 0 Å². The molecule has 0 amide bonds. The van der Waals surface area contributed by atoms with Crippen LogP contribution in [0.25, 0.3) is 0 Å². The van der Waals surface area contributed by atoms with Crippen LogP contribution in [0.2, 0.25) is 0 Å². The van der Waals surface area contributed by atoms with E-state index in [9.17, 15) is 4.79 Å². The molecule has 0 saturated carbocycles. The average Bonchev–Trinajstić information content (AvgIpc) is 3.18. The minimum absolute atomic E-state index is 0.0562. The summed E-state index contributed by atoms with van der Waals surface area (Å²) < 4.78 is 18.8. The molecule has 0 N–H and O–H groups in total. The van der Waals surface area contributed by atoms with Crippen molar-refractivity contribution in [3.8, 4) is 0 Å². The number of esters is 1. The van der Waals surface area contributed by atoms with E-state index in [2.05, 4.69) is 91.5 Å². The largest absolute Gasteiger partial charge is 0.458 e. The summed E-state index contributed by atoms with van der Waals surface area (Å²) in [4.78, 5) is 16.0. The summed E-state index contributed by atoms with van der Waals surface area (Å²) in [7, 11) is 0. The molecule has 0 bridgehead atoms. The minimum Gasteiger partial charge on any atom is -0.458 e. The van der Waals surface area contributed by atoms with E-state index in [1.54, 1.807) is 0 Å². The molecule has 1 aromatic rings. The Morgan fingerprint density at radius 2 is 1.68 bits per heavy atom. The summed E-state index contributed by atoms with van der Waals surface area (Å²) in [6, 6.07) is 8.57. The maximum atomic E-state index is 13.8. The van der Waals surface area contributed by atoms with Crippen molar-refractivity contribution in [2.45, 2.75) is 132 Å². The van der Waals surface area contributed by atoms with Crippen molar-refractivity contribution in [3.05, 3.63) is 35.4 Å². The molecule has 38 heavy (non-hydrogen) atoms. The second-order valence-electron chi connectivity index (χ2n) is 14.0. The van der Waals surface area contributed by atoms with Crippen LogP contribution in [0.5, 0.6) is 0 Å². The SMILES string of the molecule is CCCCOCC1CN(C(C(=O)OC(C)(C)CC(C)(C)C)C(C)C)C(C(C)Cc2ccc(C(C)C)cc2)O1. The molecule has 0 spiro atoms. The molecular formula is C33H57NO4. The van der Waals surface area contributed by atoms with Crippen LogP contribution in [0, 0.1) is 17.3 Å². The van der Waals surface area contributed by atoms with E-state index < -0.39 is 5.60 Å². The number of rotatable bonds is 14. The summed E-state index contributed by atoms with van der Waals surface area (Å²) >= 11 is 0. The van der Waals surface area contributed by atoms with Crippen molar-refractivity contribution in [1.82, 2.24) is 4.90 Å². The zero-order valence-electron chi connectivity index (χ0n) is 26.3. The maximum absolute atomic E-state index is 13.8. The Morgan fingerprint density at radius 1 is 1.05 bits per heavy atom. The molecule has 0 aliphatic carbocycles. The summed E-state index contributed by atoms with van der Waals surface area (Å²) in [5, 5.41) is 0. The molecule has 1 aliphatic heterocycles. The van der Waals surface area contributed by atoms with Gasteiger partial charge in [-0.3, -0.25) is 9.69 Å². The molecule has 1 aromatic carbocycles. The lowest BCUT2D eigenvalue weighted by atomic mass is 9.83. The van der Waals surface area contributed by atoms with Crippen LogP contribution in [-0.2, 0) is 25.4 Å². The summed E-state index contributed by atoms with van der Waals surface area (Å²) in [5.41, 5.74) is 2.18. The third-order valence-electron chi connectivity index (χ3n) is 7.27. The van der Waals surface area contributed by atoms with Gasteiger partial charge in [-0.1, -0.05) is 93.0 Å². The molecule has 1 fully saturated rings. The second kappa shape index (κ2) is 14.3. The van der Waals surface area contributed by atoms with Gasteiger partial charge < -0.3 is 14.2 Å². The van der Waals surface area contributed by atoms with Crippen molar-refractivity contribution in [3.63, 3.8) is 0 Å². The maximum Gasteiger partial charge on any atom is 0.324 e. The third-order valence-corrected chi connectivity index (χ3v) is 7.27. The zero-order valence-corrected chi connectivity index (χ0v) is 26.3. The van der Waals surface area contributed by atoms with Crippen molar-refractivity contribution in [2.24, 2.45) is 17.3 Å². The van der Waals surface area contributed by atoms with Gasteiger partial charge in [-0.15, -0.1) is 0 Å².